The van der Waals surface area contributed by atoms with E-state index in [4.69, 9.17) is 26.8 Å². The van der Waals surface area contributed by atoms with Crippen molar-refractivity contribution in [1.82, 2.24) is 0 Å². The predicted octanol–water partition coefficient (Wildman–Crippen LogP) is 7.97. The van der Waals surface area contributed by atoms with Crippen LogP contribution in [-0.2, 0) is 15.7 Å². The molecule has 3 aromatic rings. The number of primary amides is 1. The molecule has 0 radical (unpaired) electrons. The summed E-state index contributed by atoms with van der Waals surface area (Å²) in [6.07, 6.45) is -4.36. The maximum absolute atomic E-state index is 15.8. The van der Waals surface area contributed by atoms with Gasteiger partial charge >= 0.3 is 6.18 Å². The van der Waals surface area contributed by atoms with Gasteiger partial charge in [-0.2, -0.15) is 13.2 Å². The number of ketones is 1. The molecule has 0 saturated heterocycles. The summed E-state index contributed by atoms with van der Waals surface area (Å²) in [4.78, 5) is 41.6. The highest BCUT2D eigenvalue weighted by Gasteiger charge is 2.58. The molecule has 0 unspecified atom stereocenters. The molecule has 1 heterocycles. The van der Waals surface area contributed by atoms with Gasteiger partial charge in [0.15, 0.2) is 11.4 Å². The average Bonchev–Trinajstić information content (AvgIpc) is 3.72. The highest BCUT2D eigenvalue weighted by atomic mass is 79.9. The number of fused-ring (bicyclic) bond motifs is 1. The van der Waals surface area contributed by atoms with Crippen LogP contribution in [0.15, 0.2) is 40.9 Å². The van der Waals surface area contributed by atoms with Crippen molar-refractivity contribution in [2.75, 3.05) is 18.2 Å². The molecule has 1 saturated carbocycles. The Labute approximate surface area is 274 Å². The Balaban J connectivity index is 1.79. The highest BCUT2D eigenvalue weighted by molar-refractivity contribution is 9.10. The molecular weight excluding hydrogens is 719 g/mol. The largest absolute Gasteiger partial charge is 0.475 e. The maximum Gasteiger partial charge on any atom is 0.416 e. The summed E-state index contributed by atoms with van der Waals surface area (Å²) in [5, 5.41) is -0.194. The van der Waals surface area contributed by atoms with Crippen LogP contribution in [0.2, 0.25) is 30.7 Å². The Morgan fingerprint density at radius 3 is 2.37 bits per heavy atom. The lowest BCUT2D eigenvalue weighted by atomic mass is 9.88. The van der Waals surface area contributed by atoms with Gasteiger partial charge in [-0.3, -0.25) is 19.3 Å². The molecule has 0 aromatic heterocycles. The average molecular weight is 746 g/mol. The molecule has 1 spiro atoms. The second kappa shape index (κ2) is 12.0. The zero-order valence-corrected chi connectivity index (χ0v) is 28.1. The van der Waals surface area contributed by atoms with Gasteiger partial charge in [-0.1, -0.05) is 31.2 Å². The lowest BCUT2D eigenvalue weighted by Crippen LogP contribution is -2.49. The zero-order valence-electron chi connectivity index (χ0n) is 24.7. The van der Waals surface area contributed by atoms with Crippen LogP contribution in [-0.4, -0.2) is 44.6 Å². The summed E-state index contributed by atoms with van der Waals surface area (Å²) in [6.45, 7) is 6.55. The van der Waals surface area contributed by atoms with Gasteiger partial charge < -0.3 is 15.2 Å². The van der Waals surface area contributed by atoms with Crippen molar-refractivity contribution >= 4 is 58.9 Å². The number of nitrogens with two attached hydrogens (primary N) is 1. The van der Waals surface area contributed by atoms with Crippen LogP contribution >= 0.6 is 27.5 Å². The van der Waals surface area contributed by atoms with E-state index in [1.54, 1.807) is 0 Å². The van der Waals surface area contributed by atoms with Gasteiger partial charge in [0.25, 0.3) is 5.91 Å². The number of hydrogen-bond donors (Lipinski definition) is 1. The molecule has 0 atom stereocenters. The molecule has 2 amide bonds. The Morgan fingerprint density at radius 2 is 1.78 bits per heavy atom. The molecule has 1 fully saturated rings. The Morgan fingerprint density at radius 1 is 1.11 bits per heavy atom. The normalized spacial score (nSPS) is 15.5. The summed E-state index contributed by atoms with van der Waals surface area (Å²) in [6, 6.07) is 5.44. The van der Waals surface area contributed by atoms with Gasteiger partial charge in [0.1, 0.15) is 29.8 Å². The first-order valence-electron chi connectivity index (χ1n) is 14.0. The van der Waals surface area contributed by atoms with Gasteiger partial charge in [-0.05, 0) is 58.4 Å². The number of carbonyl (C=O) groups is 3. The molecule has 2 N–H and O–H groups in total. The molecule has 15 heteroatoms. The minimum Gasteiger partial charge on any atom is -0.475 e. The quantitative estimate of drug-likeness (QED) is 0.104. The van der Waals surface area contributed by atoms with Gasteiger partial charge in [0, 0.05) is 49.8 Å². The molecule has 1 aliphatic carbocycles. The zero-order chi connectivity index (χ0) is 33.9. The van der Waals surface area contributed by atoms with Crippen molar-refractivity contribution in [3.63, 3.8) is 0 Å². The molecule has 3 aromatic carbocycles. The number of nitrogens with zero attached hydrogens (tertiary/aromatic N) is 1. The first-order chi connectivity index (χ1) is 21.3. The van der Waals surface area contributed by atoms with E-state index < -0.39 is 76.9 Å². The number of hydrogen-bond acceptors (Lipinski definition) is 5. The van der Waals surface area contributed by atoms with Crippen molar-refractivity contribution < 1.29 is 45.8 Å². The summed E-state index contributed by atoms with van der Waals surface area (Å²) in [5.41, 5.74) is -0.127. The number of anilines is 1. The third-order valence-corrected chi connectivity index (χ3v) is 10.5. The fourth-order valence-corrected chi connectivity index (χ4v) is 6.86. The standard InChI is InChI=1S/C31H27BrClF5N2O5Si/c1-46(2,3)9-8-44-14-40-26-22(45-30(6-7-30)29(40)43)13-18(23-19(28(39)42)10-15(11-21(23)35)31(36,37)38)24(25(26)32)27(41)17-12-16(34)4-5-20(17)33/h4-5,10-13H,6-9,14H2,1-3H3,(H2,39,42). The number of rotatable bonds is 9. The number of alkyl halides is 3. The maximum atomic E-state index is 15.8. The molecule has 7 nitrogen and oxygen atoms in total. The third-order valence-electron chi connectivity index (χ3n) is 7.69. The van der Waals surface area contributed by atoms with Crippen molar-refractivity contribution in [2.24, 2.45) is 5.73 Å². The number of benzene rings is 3. The van der Waals surface area contributed by atoms with E-state index >= 15 is 4.39 Å². The lowest BCUT2D eigenvalue weighted by molar-refractivity contribution is -0.137. The first-order valence-corrected chi connectivity index (χ1v) is 18.9. The van der Waals surface area contributed by atoms with E-state index in [-0.39, 0.29) is 39.3 Å². The van der Waals surface area contributed by atoms with E-state index in [9.17, 15) is 31.9 Å². The number of halogens is 7. The van der Waals surface area contributed by atoms with Crippen molar-refractivity contribution in [2.45, 2.75) is 50.3 Å². The second-order valence-corrected chi connectivity index (χ2v) is 19.2. The Kier molecular flexibility index (Phi) is 8.90. The summed E-state index contributed by atoms with van der Waals surface area (Å²) in [7, 11) is -1.51. The summed E-state index contributed by atoms with van der Waals surface area (Å²) >= 11 is 9.61. The van der Waals surface area contributed by atoms with Gasteiger partial charge in [0.05, 0.1) is 20.6 Å². The first kappa shape index (κ1) is 34.0. The van der Waals surface area contributed by atoms with E-state index in [0.717, 1.165) is 30.3 Å². The molecule has 1 aliphatic heterocycles. The van der Waals surface area contributed by atoms with Gasteiger partial charge in [0.2, 0.25) is 5.91 Å². The lowest BCUT2D eigenvalue weighted by Gasteiger charge is -2.36. The minimum atomic E-state index is -5.04. The van der Waals surface area contributed by atoms with Crippen LogP contribution < -0.4 is 15.4 Å². The van der Waals surface area contributed by atoms with E-state index in [1.807, 2.05) is 0 Å². The van der Waals surface area contributed by atoms with E-state index in [2.05, 4.69) is 35.6 Å². The van der Waals surface area contributed by atoms with Crippen molar-refractivity contribution in [1.29, 1.82) is 0 Å². The Hall–Kier alpha value is -3.33. The van der Waals surface area contributed by atoms with E-state index in [0.29, 0.717) is 25.5 Å². The molecule has 46 heavy (non-hydrogen) atoms. The van der Waals surface area contributed by atoms with Gasteiger partial charge in [-0.25, -0.2) is 8.78 Å². The van der Waals surface area contributed by atoms with Gasteiger partial charge in [-0.15, -0.1) is 0 Å². The Bertz CT molecular complexity index is 1790. The van der Waals surface area contributed by atoms with Crippen molar-refractivity contribution in [3.05, 3.63) is 79.8 Å². The molecule has 244 valence electrons. The molecule has 0 bridgehead atoms. The smallest absolute Gasteiger partial charge is 0.416 e. The SMILES string of the molecule is C[Si](C)(C)CCOCN1C(=O)C2(CC2)Oc2cc(-c3c(F)cc(C(F)(F)F)cc3C(N)=O)c(C(=O)c3cc(F)ccc3Cl)c(Br)c21. The number of amides is 2. The molecular formula is C31H27BrClF5N2O5Si. The molecule has 5 rings (SSSR count). The van der Waals surface area contributed by atoms with Crippen LogP contribution in [0.25, 0.3) is 11.1 Å². The summed E-state index contributed by atoms with van der Waals surface area (Å²) in [5.74, 6) is -5.26. The monoisotopic (exact) mass is 744 g/mol. The van der Waals surface area contributed by atoms with Crippen LogP contribution in [0.5, 0.6) is 5.75 Å². The van der Waals surface area contributed by atoms with Crippen molar-refractivity contribution in [3.8, 4) is 16.9 Å². The minimum absolute atomic E-state index is 0.0168. The second-order valence-electron chi connectivity index (χ2n) is 12.3. The number of carbonyl (C=O) groups excluding carboxylic acids is 3. The van der Waals surface area contributed by atoms with Crippen LogP contribution in [0.4, 0.5) is 27.6 Å². The highest BCUT2D eigenvalue weighted by Crippen LogP contribution is 2.54. The predicted molar refractivity (Wildman–Crippen MR) is 167 cm³/mol. The number of ether oxygens (including phenoxy) is 2. The van der Waals surface area contributed by atoms with Crippen LogP contribution in [0.1, 0.15) is 44.7 Å². The van der Waals surface area contributed by atoms with Crippen LogP contribution in [0.3, 0.4) is 0 Å². The fraction of sp³-hybridized carbons (Fsp3) is 0.323. The van der Waals surface area contributed by atoms with Crippen LogP contribution in [0, 0.1) is 11.6 Å². The molecule has 2 aliphatic rings. The fourth-order valence-electron chi connectivity index (χ4n) is 5.10. The topological polar surface area (TPSA) is 98.9 Å². The third kappa shape index (κ3) is 6.44. The summed E-state index contributed by atoms with van der Waals surface area (Å²) < 4.78 is 82.8. The van der Waals surface area contributed by atoms with E-state index in [1.165, 1.54) is 4.90 Å².